The summed E-state index contributed by atoms with van der Waals surface area (Å²) in [4.78, 5) is 7.10. The average Bonchev–Trinajstić information content (AvgIpc) is 1.72. The molecule has 0 spiro atoms. The van der Waals surface area contributed by atoms with Crippen molar-refractivity contribution in [2.24, 2.45) is 0 Å². The molecule has 7 heavy (non-hydrogen) atoms. The summed E-state index contributed by atoms with van der Waals surface area (Å²) < 4.78 is 0. The molecule has 0 bridgehead atoms. The SMILES string of the molecule is [Na+].[c-]1ncccn1. The van der Waals surface area contributed by atoms with Crippen molar-refractivity contribution in [3.8, 4) is 0 Å². The maximum Gasteiger partial charge on any atom is 1.00 e. The van der Waals surface area contributed by atoms with Gasteiger partial charge in [-0.05, 0) is 0 Å². The molecule has 0 fully saturated rings. The van der Waals surface area contributed by atoms with Crippen molar-refractivity contribution in [2.45, 2.75) is 0 Å². The van der Waals surface area contributed by atoms with E-state index < -0.39 is 0 Å². The first-order valence-corrected chi connectivity index (χ1v) is 1.63. The van der Waals surface area contributed by atoms with Crippen LogP contribution in [-0.4, -0.2) is 9.97 Å². The Hall–Kier alpha value is 0.0800. The normalized spacial score (nSPS) is 6.86. The molecule has 1 aromatic heterocycles. The van der Waals surface area contributed by atoms with E-state index in [2.05, 4.69) is 16.3 Å². The molecule has 3 heteroatoms. The molecule has 1 aromatic rings. The van der Waals surface area contributed by atoms with E-state index in [1.165, 1.54) is 0 Å². The first-order valence-electron chi connectivity index (χ1n) is 1.63. The number of aromatic nitrogens is 2. The molecule has 0 unspecified atom stereocenters. The van der Waals surface area contributed by atoms with Crippen LogP contribution in [0.3, 0.4) is 0 Å². The summed E-state index contributed by atoms with van der Waals surface area (Å²) in [5.74, 6) is 0. The van der Waals surface area contributed by atoms with Crippen molar-refractivity contribution in [3.05, 3.63) is 24.8 Å². The number of rotatable bonds is 0. The van der Waals surface area contributed by atoms with Gasteiger partial charge in [-0.15, -0.1) is 6.07 Å². The van der Waals surface area contributed by atoms with E-state index in [0.29, 0.717) is 0 Å². The Morgan fingerprint density at radius 1 is 1.14 bits per heavy atom. The third kappa shape index (κ3) is 2.74. The average molecular weight is 102 g/mol. The summed E-state index contributed by atoms with van der Waals surface area (Å²) in [7, 11) is 0. The van der Waals surface area contributed by atoms with E-state index in [4.69, 9.17) is 0 Å². The summed E-state index contributed by atoms with van der Waals surface area (Å²) in [5.41, 5.74) is 0. The minimum absolute atomic E-state index is 0. The van der Waals surface area contributed by atoms with Crippen LogP contribution in [0, 0.1) is 6.33 Å². The molecule has 1 heterocycles. The van der Waals surface area contributed by atoms with Crippen LogP contribution in [0.4, 0.5) is 0 Å². The zero-order valence-electron chi connectivity index (χ0n) is 4.13. The molecule has 0 radical (unpaired) electrons. The van der Waals surface area contributed by atoms with E-state index in [9.17, 15) is 0 Å². The summed E-state index contributed by atoms with van der Waals surface area (Å²) in [6, 6.07) is 1.75. The molecule has 0 aliphatic rings. The molecule has 0 aromatic carbocycles. The first kappa shape index (κ1) is 7.08. The number of nitrogens with zero attached hydrogens (tertiary/aromatic N) is 2. The third-order valence-corrected chi connectivity index (χ3v) is 0.437. The molecule has 1 rings (SSSR count). The van der Waals surface area contributed by atoms with Gasteiger partial charge in [-0.1, -0.05) is 12.4 Å². The predicted molar refractivity (Wildman–Crippen MR) is 20.9 cm³/mol. The summed E-state index contributed by atoms with van der Waals surface area (Å²) in [5, 5.41) is 0. The maximum atomic E-state index is 3.55. The summed E-state index contributed by atoms with van der Waals surface area (Å²) in [6.07, 6.45) is 5.66. The van der Waals surface area contributed by atoms with Crippen molar-refractivity contribution in [3.63, 3.8) is 0 Å². The first-order chi connectivity index (χ1) is 3.00. The van der Waals surface area contributed by atoms with Gasteiger partial charge in [0.05, 0.1) is 0 Å². The Morgan fingerprint density at radius 3 is 1.86 bits per heavy atom. The van der Waals surface area contributed by atoms with Crippen LogP contribution in [0.15, 0.2) is 18.5 Å². The molecule has 30 valence electrons. The minimum atomic E-state index is 0. The third-order valence-electron chi connectivity index (χ3n) is 0.437. The second-order valence-electron chi connectivity index (χ2n) is 0.849. The quantitative estimate of drug-likeness (QED) is 0.263. The van der Waals surface area contributed by atoms with Gasteiger partial charge in [0, 0.05) is 6.33 Å². The monoisotopic (exact) mass is 102 g/mol. The van der Waals surface area contributed by atoms with Crippen LogP contribution in [0.5, 0.6) is 0 Å². The van der Waals surface area contributed by atoms with Gasteiger partial charge < -0.3 is 9.97 Å². The summed E-state index contributed by atoms with van der Waals surface area (Å²) >= 11 is 0. The zero-order valence-corrected chi connectivity index (χ0v) is 6.13. The van der Waals surface area contributed by atoms with Gasteiger partial charge in [-0.25, -0.2) is 0 Å². The van der Waals surface area contributed by atoms with E-state index in [1.807, 2.05) is 0 Å². The minimum Gasteiger partial charge on any atom is -0.374 e. The Kier molecular flexibility index (Phi) is 4.29. The van der Waals surface area contributed by atoms with Crippen LogP contribution >= 0.6 is 0 Å². The van der Waals surface area contributed by atoms with Crippen molar-refractivity contribution < 1.29 is 29.6 Å². The molecule has 0 saturated carbocycles. The van der Waals surface area contributed by atoms with Gasteiger partial charge in [0.25, 0.3) is 0 Å². The Bertz CT molecular complexity index is 81.6. The zero-order chi connectivity index (χ0) is 4.24. The number of hydrogen-bond acceptors (Lipinski definition) is 2. The topological polar surface area (TPSA) is 25.8 Å². The summed E-state index contributed by atoms with van der Waals surface area (Å²) in [6.45, 7) is 0. The molecule has 2 nitrogen and oxygen atoms in total. The smallest absolute Gasteiger partial charge is 0.374 e. The van der Waals surface area contributed by atoms with Gasteiger partial charge in [0.15, 0.2) is 0 Å². The van der Waals surface area contributed by atoms with Gasteiger partial charge in [0.1, 0.15) is 0 Å². The molecular weight excluding hydrogens is 99.0 g/mol. The molecule has 0 aliphatic heterocycles. The van der Waals surface area contributed by atoms with E-state index in [1.54, 1.807) is 18.5 Å². The molecule has 0 atom stereocenters. The number of hydrogen-bond donors (Lipinski definition) is 0. The molecule has 0 N–H and O–H groups in total. The van der Waals surface area contributed by atoms with Gasteiger partial charge in [-0.2, -0.15) is 0 Å². The van der Waals surface area contributed by atoms with Crippen LogP contribution in [-0.2, 0) is 0 Å². The second kappa shape index (κ2) is 4.24. The fraction of sp³-hybridized carbons (Fsp3) is 0. The standard InChI is InChI=1S/C4H3N2.Na/c1-2-5-4-6-3-1;/h1-3H;/q-1;+1. The van der Waals surface area contributed by atoms with E-state index in [-0.39, 0.29) is 29.6 Å². The van der Waals surface area contributed by atoms with Crippen LogP contribution in [0.2, 0.25) is 0 Å². The fourth-order valence-electron chi connectivity index (χ4n) is 0.225. The Labute approximate surface area is 64.3 Å². The van der Waals surface area contributed by atoms with Crippen LogP contribution in [0.1, 0.15) is 0 Å². The molecule has 0 aliphatic carbocycles. The van der Waals surface area contributed by atoms with E-state index in [0.717, 1.165) is 0 Å². The fourth-order valence-corrected chi connectivity index (χ4v) is 0.225. The molecule has 0 saturated heterocycles. The van der Waals surface area contributed by atoms with Gasteiger partial charge in [0.2, 0.25) is 0 Å². The van der Waals surface area contributed by atoms with Crippen molar-refractivity contribution >= 4 is 0 Å². The van der Waals surface area contributed by atoms with Crippen LogP contribution < -0.4 is 29.6 Å². The maximum absolute atomic E-state index is 3.55. The van der Waals surface area contributed by atoms with Crippen LogP contribution in [0.25, 0.3) is 0 Å². The molecule has 0 amide bonds. The Morgan fingerprint density at radius 2 is 1.71 bits per heavy atom. The van der Waals surface area contributed by atoms with Crippen molar-refractivity contribution in [2.75, 3.05) is 0 Å². The van der Waals surface area contributed by atoms with E-state index >= 15 is 0 Å². The van der Waals surface area contributed by atoms with Gasteiger partial charge >= 0.3 is 29.6 Å². The Balaban J connectivity index is 0.000000360. The predicted octanol–water partition coefficient (Wildman–Crippen LogP) is -2.72. The van der Waals surface area contributed by atoms with Crippen molar-refractivity contribution in [1.82, 2.24) is 9.97 Å². The van der Waals surface area contributed by atoms with Gasteiger partial charge in [-0.3, -0.25) is 0 Å². The van der Waals surface area contributed by atoms with Crippen molar-refractivity contribution in [1.29, 1.82) is 0 Å². The second-order valence-corrected chi connectivity index (χ2v) is 0.849. The molecular formula is C4H3N2Na. The largest absolute Gasteiger partial charge is 1.00 e.